The summed E-state index contributed by atoms with van der Waals surface area (Å²) in [6.45, 7) is 4.06. The Bertz CT molecular complexity index is 1110. The van der Waals surface area contributed by atoms with Crippen molar-refractivity contribution in [2.24, 2.45) is 0 Å². The Hall–Kier alpha value is -2.50. The summed E-state index contributed by atoms with van der Waals surface area (Å²) < 4.78 is 0.963. The maximum Gasteiger partial charge on any atom is 0.488 e. The maximum absolute atomic E-state index is 10.4. The third-order valence-electron chi connectivity index (χ3n) is 3.88. The van der Waals surface area contributed by atoms with Gasteiger partial charge in [-0.15, -0.1) is 22.7 Å². The molecule has 0 bridgehead atoms. The molecule has 0 aliphatic rings. The van der Waals surface area contributed by atoms with Crippen molar-refractivity contribution in [2.75, 3.05) is 0 Å². The van der Waals surface area contributed by atoms with Crippen molar-refractivity contribution < 1.29 is 19.6 Å². The standard InChI is InChI=1S/C11H9NOS.C7H7BO3.C4H4BrNS/c1-8-6-12-11(14-8)10-4-2-9(7-13)3-5-10;9-5-6-1-3-7(4-2-6)8(10)11;1-3-2-6-4(5)7-3/h2-7H,1H3;1-5,10-11H;2H,1H3. The second-order valence-corrected chi connectivity index (χ2v) is 10.1. The monoisotopic (exact) mass is 530 g/mol. The average molecular weight is 531 g/mol. The van der Waals surface area contributed by atoms with Crippen molar-refractivity contribution in [3.05, 3.63) is 85.7 Å². The summed E-state index contributed by atoms with van der Waals surface area (Å²) in [5, 5.41) is 18.3. The molecule has 0 unspecified atom stereocenters. The van der Waals surface area contributed by atoms with Gasteiger partial charge < -0.3 is 10.0 Å². The number of hydrogen-bond acceptors (Lipinski definition) is 8. The van der Waals surface area contributed by atoms with Crippen LogP contribution in [-0.2, 0) is 0 Å². The Labute approximate surface area is 202 Å². The van der Waals surface area contributed by atoms with Gasteiger partial charge in [0.2, 0.25) is 0 Å². The Morgan fingerprint density at radius 3 is 1.66 bits per heavy atom. The Balaban J connectivity index is 0.000000180. The molecule has 2 heterocycles. The van der Waals surface area contributed by atoms with Crippen molar-refractivity contribution in [1.82, 2.24) is 9.97 Å². The topological polar surface area (TPSA) is 100 Å². The number of halogens is 1. The molecule has 0 radical (unpaired) electrons. The molecule has 0 atom stereocenters. The lowest BCUT2D eigenvalue weighted by molar-refractivity contribution is 0.111. The van der Waals surface area contributed by atoms with Gasteiger partial charge in [0.1, 0.15) is 17.6 Å². The molecule has 0 aliphatic carbocycles. The first kappa shape index (κ1) is 25.8. The van der Waals surface area contributed by atoms with E-state index in [1.165, 1.54) is 34.0 Å². The first-order chi connectivity index (χ1) is 15.3. The van der Waals surface area contributed by atoms with Gasteiger partial charge >= 0.3 is 7.12 Å². The predicted molar refractivity (Wildman–Crippen MR) is 134 cm³/mol. The second kappa shape index (κ2) is 13.1. The number of carbonyl (C=O) groups excluding carboxylic acids is 2. The van der Waals surface area contributed by atoms with Gasteiger partial charge in [-0.3, -0.25) is 9.59 Å². The molecule has 164 valence electrons. The van der Waals surface area contributed by atoms with E-state index >= 15 is 0 Å². The molecule has 10 heteroatoms. The lowest BCUT2D eigenvalue weighted by Crippen LogP contribution is -2.29. The summed E-state index contributed by atoms with van der Waals surface area (Å²) in [4.78, 5) is 31.3. The van der Waals surface area contributed by atoms with Gasteiger partial charge in [-0.05, 0) is 35.2 Å². The van der Waals surface area contributed by atoms with Crippen LogP contribution in [0.1, 0.15) is 30.5 Å². The highest BCUT2D eigenvalue weighted by molar-refractivity contribution is 9.11. The number of hydrogen-bond donors (Lipinski definition) is 2. The Kier molecular flexibility index (Phi) is 10.6. The Morgan fingerprint density at radius 1 is 0.812 bits per heavy atom. The number of aldehydes is 2. The Morgan fingerprint density at radius 2 is 1.31 bits per heavy atom. The number of thiazole rings is 2. The third kappa shape index (κ3) is 8.56. The minimum Gasteiger partial charge on any atom is -0.423 e. The van der Waals surface area contributed by atoms with Crippen molar-refractivity contribution in [2.45, 2.75) is 13.8 Å². The fourth-order valence-electron chi connectivity index (χ4n) is 2.27. The molecule has 2 aromatic carbocycles. The van der Waals surface area contributed by atoms with E-state index in [0.717, 1.165) is 20.8 Å². The van der Waals surface area contributed by atoms with Crippen LogP contribution in [0, 0.1) is 13.8 Å². The van der Waals surface area contributed by atoms with Gasteiger partial charge in [-0.2, -0.15) is 0 Å². The second-order valence-electron chi connectivity index (χ2n) is 6.40. The number of nitrogens with zero attached hydrogens (tertiary/aromatic N) is 2. The molecule has 0 aliphatic heterocycles. The molecule has 2 N–H and O–H groups in total. The fourth-order valence-corrected chi connectivity index (χ4v) is 4.38. The minimum absolute atomic E-state index is 0.385. The molecule has 0 spiro atoms. The molecule has 0 fully saturated rings. The summed E-state index contributed by atoms with van der Waals surface area (Å²) in [7, 11) is -1.46. The summed E-state index contributed by atoms with van der Waals surface area (Å²) in [6.07, 6.45) is 5.24. The number of aromatic nitrogens is 2. The van der Waals surface area contributed by atoms with Crippen LogP contribution in [0.2, 0.25) is 0 Å². The van der Waals surface area contributed by atoms with Crippen molar-refractivity contribution in [1.29, 1.82) is 0 Å². The number of rotatable bonds is 4. The summed E-state index contributed by atoms with van der Waals surface area (Å²) in [5.41, 5.74) is 2.67. The summed E-state index contributed by atoms with van der Waals surface area (Å²) >= 11 is 6.54. The number of carbonyl (C=O) groups is 2. The van der Waals surface area contributed by atoms with Crippen LogP contribution in [0.3, 0.4) is 0 Å². The van der Waals surface area contributed by atoms with Crippen LogP contribution in [-0.4, -0.2) is 39.7 Å². The van der Waals surface area contributed by atoms with Gasteiger partial charge in [-0.25, -0.2) is 9.97 Å². The van der Waals surface area contributed by atoms with Gasteiger partial charge in [0.05, 0.1) is 0 Å². The van der Waals surface area contributed by atoms with Crippen LogP contribution < -0.4 is 5.46 Å². The fraction of sp³-hybridized carbons (Fsp3) is 0.0909. The van der Waals surface area contributed by atoms with Crippen LogP contribution in [0.15, 0.2) is 64.8 Å². The number of aryl methyl sites for hydroxylation is 2. The minimum atomic E-state index is -1.46. The SMILES string of the molecule is Cc1cnc(-c2ccc(C=O)cc2)s1.Cc1cnc(Br)s1.O=Cc1ccc(B(O)O)cc1. The molecule has 32 heavy (non-hydrogen) atoms. The predicted octanol–water partition coefficient (Wildman–Crippen LogP) is 4.32. The van der Waals surface area contributed by atoms with Crippen molar-refractivity contribution in [3.63, 3.8) is 0 Å². The normalized spacial score (nSPS) is 9.66. The van der Waals surface area contributed by atoms with E-state index < -0.39 is 7.12 Å². The van der Waals surface area contributed by atoms with Crippen molar-refractivity contribution in [3.8, 4) is 10.6 Å². The highest BCUT2D eigenvalue weighted by Crippen LogP contribution is 2.24. The zero-order valence-electron chi connectivity index (χ0n) is 17.3. The summed E-state index contributed by atoms with van der Waals surface area (Å²) in [5.74, 6) is 0. The first-order valence-electron chi connectivity index (χ1n) is 9.29. The third-order valence-corrected chi connectivity index (χ3v) is 6.23. The highest BCUT2D eigenvalue weighted by Gasteiger charge is 2.09. The van der Waals surface area contributed by atoms with E-state index in [2.05, 4.69) is 25.9 Å². The molecular formula is C22H20BBrN2O4S2. The molecule has 6 nitrogen and oxygen atoms in total. The quantitative estimate of drug-likeness (QED) is 0.301. The van der Waals surface area contributed by atoms with E-state index in [1.807, 2.05) is 38.4 Å². The van der Waals surface area contributed by atoms with E-state index in [4.69, 9.17) is 10.0 Å². The van der Waals surface area contributed by atoms with E-state index in [9.17, 15) is 9.59 Å². The molecule has 4 rings (SSSR count). The van der Waals surface area contributed by atoms with Crippen LogP contribution in [0.4, 0.5) is 0 Å². The number of benzene rings is 2. The molecule has 0 saturated carbocycles. The maximum atomic E-state index is 10.4. The van der Waals surface area contributed by atoms with Gasteiger partial charge in [0.15, 0.2) is 3.92 Å². The smallest absolute Gasteiger partial charge is 0.423 e. The lowest BCUT2D eigenvalue weighted by Gasteiger charge is -1.97. The molecule has 4 aromatic rings. The van der Waals surface area contributed by atoms with Gasteiger partial charge in [0, 0.05) is 38.8 Å². The zero-order valence-corrected chi connectivity index (χ0v) is 20.5. The van der Waals surface area contributed by atoms with E-state index in [1.54, 1.807) is 34.8 Å². The average Bonchev–Trinajstić information content (AvgIpc) is 3.41. The van der Waals surface area contributed by atoms with Crippen LogP contribution in [0.5, 0.6) is 0 Å². The molecule has 0 amide bonds. The van der Waals surface area contributed by atoms with Gasteiger partial charge in [-0.1, -0.05) is 48.5 Å². The summed E-state index contributed by atoms with van der Waals surface area (Å²) in [6, 6.07) is 13.5. The first-order valence-corrected chi connectivity index (χ1v) is 11.7. The highest BCUT2D eigenvalue weighted by atomic mass is 79.9. The molecular weight excluding hydrogens is 511 g/mol. The molecule has 2 aromatic heterocycles. The zero-order chi connectivity index (χ0) is 23.5. The van der Waals surface area contributed by atoms with E-state index in [-0.39, 0.29) is 0 Å². The van der Waals surface area contributed by atoms with Crippen molar-refractivity contribution >= 4 is 63.8 Å². The van der Waals surface area contributed by atoms with E-state index in [0.29, 0.717) is 22.9 Å². The molecule has 0 saturated heterocycles. The van der Waals surface area contributed by atoms with Crippen LogP contribution in [0.25, 0.3) is 10.6 Å². The lowest BCUT2D eigenvalue weighted by atomic mass is 9.80. The van der Waals surface area contributed by atoms with Gasteiger partial charge in [0.25, 0.3) is 0 Å². The van der Waals surface area contributed by atoms with Crippen LogP contribution >= 0.6 is 38.6 Å². The largest absolute Gasteiger partial charge is 0.488 e.